The van der Waals surface area contributed by atoms with Gasteiger partial charge in [-0.1, -0.05) is 24.3 Å². The highest BCUT2D eigenvalue weighted by Gasteiger charge is 2.45. The Morgan fingerprint density at radius 2 is 1.95 bits per heavy atom. The molecule has 0 spiro atoms. The molecule has 1 saturated carbocycles. The molecule has 43 heavy (non-hydrogen) atoms. The Labute approximate surface area is 246 Å². The number of rotatable bonds is 8. The van der Waals surface area contributed by atoms with Gasteiger partial charge in [-0.2, -0.15) is 5.26 Å². The summed E-state index contributed by atoms with van der Waals surface area (Å²) in [6.07, 6.45) is 1.86. The quantitative estimate of drug-likeness (QED) is 0.383. The van der Waals surface area contributed by atoms with Crippen LogP contribution in [0.4, 0.5) is 24.7 Å². The maximum absolute atomic E-state index is 14.6. The van der Waals surface area contributed by atoms with E-state index in [4.69, 9.17) is 0 Å². The number of alkyl halides is 2. The fraction of sp³-hybridized carbons (Fsp3) is 0.367. The zero-order valence-corrected chi connectivity index (χ0v) is 23.3. The molecular formula is C30H30F3N7O3. The summed E-state index contributed by atoms with van der Waals surface area (Å²) in [6.45, 7) is 1.76. The van der Waals surface area contributed by atoms with Gasteiger partial charge in [-0.25, -0.2) is 33.2 Å². The Bertz CT molecular complexity index is 1540. The number of quaternary nitrogens is 1. The van der Waals surface area contributed by atoms with E-state index in [1.165, 1.54) is 29.4 Å². The summed E-state index contributed by atoms with van der Waals surface area (Å²) in [4.78, 5) is 36.5. The average molecular weight is 594 g/mol. The predicted molar refractivity (Wildman–Crippen MR) is 150 cm³/mol. The summed E-state index contributed by atoms with van der Waals surface area (Å²) in [5.41, 5.74) is 1.29. The molecule has 1 aliphatic carbocycles. The van der Waals surface area contributed by atoms with E-state index in [9.17, 15) is 33.2 Å². The van der Waals surface area contributed by atoms with Crippen molar-refractivity contribution in [2.45, 2.75) is 69.6 Å². The van der Waals surface area contributed by atoms with Crippen LogP contribution >= 0.6 is 0 Å². The lowest BCUT2D eigenvalue weighted by Gasteiger charge is -2.45. The summed E-state index contributed by atoms with van der Waals surface area (Å²) in [6, 6.07) is 10.9. The van der Waals surface area contributed by atoms with Gasteiger partial charge in [0.2, 0.25) is 11.8 Å². The van der Waals surface area contributed by atoms with E-state index >= 15 is 0 Å². The van der Waals surface area contributed by atoms with Crippen LogP contribution in [0, 0.1) is 29.3 Å². The third-order valence-corrected chi connectivity index (χ3v) is 7.88. The van der Waals surface area contributed by atoms with Crippen LogP contribution in [0.1, 0.15) is 61.3 Å². The number of amides is 2. The molecule has 3 heterocycles. The molecule has 1 aliphatic heterocycles. The molecule has 1 unspecified atom stereocenters. The highest BCUT2D eigenvalue weighted by Crippen LogP contribution is 2.34. The van der Waals surface area contributed by atoms with Crippen molar-refractivity contribution in [1.82, 2.24) is 15.3 Å². The van der Waals surface area contributed by atoms with Crippen molar-refractivity contribution in [2.24, 2.45) is 0 Å². The van der Waals surface area contributed by atoms with E-state index in [0.29, 0.717) is 11.1 Å². The highest BCUT2D eigenvalue weighted by atomic mass is 19.3. The van der Waals surface area contributed by atoms with E-state index in [-0.39, 0.29) is 55.6 Å². The number of carbonyl (C=O) groups excluding carboxylic acids is 2. The van der Waals surface area contributed by atoms with Gasteiger partial charge in [-0.05, 0) is 43.0 Å². The fourth-order valence-electron chi connectivity index (χ4n) is 5.68. The van der Waals surface area contributed by atoms with Crippen LogP contribution in [-0.4, -0.2) is 39.9 Å². The molecule has 5 rings (SSSR count). The fourth-order valence-corrected chi connectivity index (χ4v) is 5.68. The number of anilines is 2. The number of benzene rings is 1. The van der Waals surface area contributed by atoms with Gasteiger partial charge in [0.05, 0.1) is 24.0 Å². The number of hydrogen-bond acceptors (Lipinski definition) is 7. The Hall–Kier alpha value is -4.54. The van der Waals surface area contributed by atoms with E-state index in [2.05, 4.69) is 15.3 Å². The summed E-state index contributed by atoms with van der Waals surface area (Å²) in [5, 5.41) is 27.2. The first kappa shape index (κ1) is 29.9. The van der Waals surface area contributed by atoms with E-state index in [0.717, 1.165) is 17.3 Å². The van der Waals surface area contributed by atoms with Gasteiger partial charge >= 0.3 is 0 Å². The molecule has 224 valence electrons. The summed E-state index contributed by atoms with van der Waals surface area (Å²) in [7, 11) is 0. The Balaban J connectivity index is 1.58. The maximum Gasteiger partial charge on any atom is 0.253 e. The number of nitrogens with one attached hydrogen (secondary N) is 2. The number of carbonyl (C=O) groups is 2. The molecule has 2 fully saturated rings. The maximum atomic E-state index is 14.6. The highest BCUT2D eigenvalue weighted by molar-refractivity contribution is 5.95. The minimum atomic E-state index is -2.80. The lowest BCUT2D eigenvalue weighted by molar-refractivity contribution is -0.885. The molecule has 2 N–H and O–H groups in total. The molecule has 3 atom stereocenters. The first-order valence-corrected chi connectivity index (χ1v) is 13.9. The summed E-state index contributed by atoms with van der Waals surface area (Å²) >= 11 is 0. The summed E-state index contributed by atoms with van der Waals surface area (Å²) < 4.78 is 42.3. The molecule has 2 aromatic heterocycles. The van der Waals surface area contributed by atoms with Gasteiger partial charge in [-0.3, -0.25) is 14.6 Å². The number of nitriles is 1. The number of aromatic nitrogens is 2. The Kier molecular flexibility index (Phi) is 8.61. The molecule has 1 saturated heterocycles. The van der Waals surface area contributed by atoms with Gasteiger partial charge < -0.3 is 10.5 Å². The van der Waals surface area contributed by atoms with Crippen molar-refractivity contribution < 1.29 is 27.9 Å². The topological polar surface area (TPSA) is 130 Å². The molecule has 1 aromatic carbocycles. The van der Waals surface area contributed by atoms with Crippen molar-refractivity contribution >= 4 is 23.3 Å². The minimum Gasteiger partial charge on any atom is -0.606 e. The van der Waals surface area contributed by atoms with Crippen LogP contribution in [0.2, 0.25) is 0 Å². The third-order valence-electron chi connectivity index (χ3n) is 7.88. The molecule has 2 amide bonds. The van der Waals surface area contributed by atoms with E-state index < -0.39 is 47.0 Å². The second-order valence-electron chi connectivity index (χ2n) is 10.8. The van der Waals surface area contributed by atoms with Crippen molar-refractivity contribution in [3.8, 4) is 6.07 Å². The van der Waals surface area contributed by atoms with Gasteiger partial charge in [0, 0.05) is 44.0 Å². The van der Waals surface area contributed by atoms with Crippen LogP contribution in [0.15, 0.2) is 61.1 Å². The van der Waals surface area contributed by atoms with E-state index in [1.807, 2.05) is 6.07 Å². The molecular weight excluding hydrogens is 563 g/mol. The zero-order chi connectivity index (χ0) is 30.7. The number of pyridine rings is 2. The Morgan fingerprint density at radius 3 is 2.65 bits per heavy atom. The van der Waals surface area contributed by atoms with Crippen molar-refractivity contribution in [1.29, 1.82) is 5.26 Å². The Morgan fingerprint density at radius 1 is 1.21 bits per heavy atom. The number of hydrogen-bond donors (Lipinski definition) is 2. The van der Waals surface area contributed by atoms with Crippen LogP contribution < -0.4 is 20.4 Å². The molecule has 0 radical (unpaired) electrons. The predicted octanol–water partition coefficient (Wildman–Crippen LogP) is 3.49. The van der Waals surface area contributed by atoms with E-state index in [1.54, 1.807) is 31.2 Å². The number of aryl methyl sites for hydroxylation is 1. The third kappa shape index (κ3) is 6.45. The molecule has 10 nitrogen and oxygen atoms in total. The van der Waals surface area contributed by atoms with Gasteiger partial charge in [0.15, 0.2) is 12.2 Å². The second kappa shape index (κ2) is 12.4. The van der Waals surface area contributed by atoms with Crippen molar-refractivity contribution in [2.75, 3.05) is 9.91 Å². The normalized spacial score (nSPS) is 19.9. The second-order valence-corrected chi connectivity index (χ2v) is 10.8. The lowest BCUT2D eigenvalue weighted by Crippen LogP contribution is -3.20. The summed E-state index contributed by atoms with van der Waals surface area (Å²) in [5.74, 6) is -4.50. The first-order chi connectivity index (χ1) is 20.6. The SMILES string of the molecule is Cc1ccccc1[C@@H](C(=O)NC1CCC(F)(F)CC1)N(c1cncc(F)c1)[NH+]([O-])[C@@H]1CCC(=O)N1c1cc(C#N)ccn1. The minimum absolute atomic E-state index is 0.00161. The van der Waals surface area contributed by atoms with Crippen molar-refractivity contribution in [3.05, 3.63) is 88.8 Å². The largest absolute Gasteiger partial charge is 0.606 e. The zero-order valence-electron chi connectivity index (χ0n) is 23.3. The number of nitrogens with zero attached hydrogens (tertiary/aromatic N) is 5. The van der Waals surface area contributed by atoms with Gasteiger partial charge in [0.25, 0.3) is 5.91 Å². The molecule has 13 heteroatoms. The number of halogens is 3. The monoisotopic (exact) mass is 593 g/mol. The van der Waals surface area contributed by atoms with Gasteiger partial charge in [0.1, 0.15) is 17.3 Å². The van der Waals surface area contributed by atoms with Crippen molar-refractivity contribution in [3.63, 3.8) is 0 Å². The van der Waals surface area contributed by atoms with Crippen LogP contribution in [0.25, 0.3) is 0 Å². The smallest absolute Gasteiger partial charge is 0.253 e. The van der Waals surface area contributed by atoms with Crippen LogP contribution in [0.5, 0.6) is 0 Å². The standard InChI is InChI=1S/C30H30F3N7O3/c1-19-4-2-3-5-24(19)28(29(42)37-22-8-11-30(32,33)12-9-22)39(23-15-21(31)17-35-18-23)40(43)26-6-7-27(41)38(26)25-14-20(16-34)10-13-36-25/h2-5,10,13-15,17-18,22,26,28,40H,6-9,11-12H2,1H3,(H,37,42)/t26-,28+/m1/s1. The average Bonchev–Trinajstić information content (AvgIpc) is 3.38. The van der Waals surface area contributed by atoms with Gasteiger partial charge in [-0.15, -0.1) is 0 Å². The van der Waals surface area contributed by atoms with Crippen LogP contribution in [0.3, 0.4) is 0 Å². The number of hydroxylamine groups is 1. The molecule has 2 aliphatic rings. The molecule has 0 bridgehead atoms. The lowest BCUT2D eigenvalue weighted by atomic mass is 9.91. The molecule has 3 aromatic rings. The first-order valence-electron chi connectivity index (χ1n) is 13.9. The van der Waals surface area contributed by atoms with Crippen LogP contribution in [-0.2, 0) is 9.59 Å².